The summed E-state index contributed by atoms with van der Waals surface area (Å²) in [7, 11) is -0.176. The number of nitrogens with zero attached hydrogens (tertiary/aromatic N) is 2. The van der Waals surface area contributed by atoms with Crippen molar-refractivity contribution in [3.8, 4) is 5.75 Å². The van der Waals surface area contributed by atoms with E-state index in [2.05, 4.69) is 9.82 Å². The number of benzene rings is 1. The third kappa shape index (κ3) is 3.25. The number of nitrogens with one attached hydrogen (secondary N) is 1. The van der Waals surface area contributed by atoms with Crippen LogP contribution >= 0.6 is 0 Å². The van der Waals surface area contributed by atoms with Crippen molar-refractivity contribution in [2.24, 2.45) is 7.05 Å². The molecule has 0 saturated carbocycles. The summed E-state index contributed by atoms with van der Waals surface area (Å²) in [6, 6.07) is 6.28. The molecule has 0 aliphatic carbocycles. The molecule has 7 heteroatoms. The maximum atomic E-state index is 12.3. The molecule has 0 aliphatic heterocycles. The molecule has 0 unspecified atom stereocenters. The Bertz CT molecular complexity index is 734. The first kappa shape index (κ1) is 15.5. The Labute approximate surface area is 124 Å². The quantitative estimate of drug-likeness (QED) is 0.909. The van der Waals surface area contributed by atoms with E-state index in [-0.39, 0.29) is 11.4 Å². The third-order valence-electron chi connectivity index (χ3n) is 3.47. The zero-order chi connectivity index (χ0) is 15.6. The molecule has 0 amide bonds. The first-order valence-corrected chi connectivity index (χ1v) is 7.96. The fourth-order valence-corrected chi connectivity index (χ4v) is 3.07. The number of methoxy groups -OCH3 is 1. The number of hydrogen-bond donors (Lipinski definition) is 1. The minimum atomic E-state index is -3.55. The van der Waals surface area contributed by atoms with E-state index >= 15 is 0 Å². The number of aromatic nitrogens is 2. The van der Waals surface area contributed by atoms with Gasteiger partial charge in [-0.3, -0.25) is 4.68 Å². The first-order valence-electron chi connectivity index (χ1n) is 6.48. The van der Waals surface area contributed by atoms with Gasteiger partial charge in [-0.05, 0) is 38.1 Å². The molecule has 0 saturated heterocycles. The molecule has 1 aromatic carbocycles. The van der Waals surface area contributed by atoms with Gasteiger partial charge >= 0.3 is 0 Å². The molecule has 0 spiro atoms. The van der Waals surface area contributed by atoms with Crippen molar-refractivity contribution in [3.05, 3.63) is 41.2 Å². The van der Waals surface area contributed by atoms with Crippen LogP contribution in [-0.4, -0.2) is 25.3 Å². The molecule has 0 radical (unpaired) electrons. The minimum Gasteiger partial charge on any atom is -0.497 e. The smallest absolute Gasteiger partial charge is 0.240 e. The summed E-state index contributed by atoms with van der Waals surface area (Å²) in [5.41, 5.74) is 2.67. The fourth-order valence-electron chi connectivity index (χ4n) is 2.08. The van der Waals surface area contributed by atoms with Gasteiger partial charge in [0, 0.05) is 24.8 Å². The van der Waals surface area contributed by atoms with Gasteiger partial charge in [-0.1, -0.05) is 0 Å². The van der Waals surface area contributed by atoms with Crippen molar-refractivity contribution in [1.29, 1.82) is 0 Å². The van der Waals surface area contributed by atoms with E-state index < -0.39 is 10.0 Å². The van der Waals surface area contributed by atoms with Crippen LogP contribution in [0.5, 0.6) is 5.75 Å². The van der Waals surface area contributed by atoms with E-state index in [0.29, 0.717) is 5.75 Å². The van der Waals surface area contributed by atoms with Crippen LogP contribution in [-0.2, 0) is 23.6 Å². The van der Waals surface area contributed by atoms with E-state index in [1.807, 2.05) is 20.9 Å². The van der Waals surface area contributed by atoms with Crippen molar-refractivity contribution in [3.63, 3.8) is 0 Å². The van der Waals surface area contributed by atoms with Crippen LogP contribution in [0, 0.1) is 13.8 Å². The van der Waals surface area contributed by atoms with Gasteiger partial charge in [0.25, 0.3) is 0 Å². The number of hydrogen-bond acceptors (Lipinski definition) is 4. The molecular weight excluding hydrogens is 290 g/mol. The highest BCUT2D eigenvalue weighted by Crippen LogP contribution is 2.17. The van der Waals surface area contributed by atoms with Crippen LogP contribution in [0.25, 0.3) is 0 Å². The zero-order valence-corrected chi connectivity index (χ0v) is 13.4. The summed E-state index contributed by atoms with van der Waals surface area (Å²) in [5, 5.41) is 4.27. The minimum absolute atomic E-state index is 0.211. The first-order chi connectivity index (χ1) is 9.85. The number of ether oxygens (including phenoxy) is 1. The molecule has 0 fully saturated rings. The lowest BCUT2D eigenvalue weighted by Gasteiger charge is -2.08. The second kappa shape index (κ2) is 5.87. The molecule has 6 nitrogen and oxygen atoms in total. The number of sulfonamides is 1. The van der Waals surface area contributed by atoms with E-state index in [9.17, 15) is 8.42 Å². The summed E-state index contributed by atoms with van der Waals surface area (Å²) in [4.78, 5) is 0.211. The second-order valence-electron chi connectivity index (χ2n) is 4.77. The predicted octanol–water partition coefficient (Wildman–Crippen LogP) is 1.52. The van der Waals surface area contributed by atoms with Crippen molar-refractivity contribution in [2.75, 3.05) is 7.11 Å². The number of rotatable bonds is 5. The zero-order valence-electron chi connectivity index (χ0n) is 12.5. The molecule has 1 heterocycles. The van der Waals surface area contributed by atoms with E-state index in [1.54, 1.807) is 16.8 Å². The second-order valence-corrected chi connectivity index (χ2v) is 6.54. The normalized spacial score (nSPS) is 11.6. The standard InChI is InChI=1S/C14H19N3O3S/c1-10-14(11(2)17(3)16-10)9-15-21(18,19)13-7-5-12(20-4)6-8-13/h5-8,15H,9H2,1-4H3. The van der Waals surface area contributed by atoms with E-state index in [1.165, 1.54) is 19.2 Å². The van der Waals surface area contributed by atoms with Gasteiger partial charge in [0.1, 0.15) is 5.75 Å². The van der Waals surface area contributed by atoms with E-state index in [0.717, 1.165) is 17.0 Å². The molecule has 0 aliphatic rings. The SMILES string of the molecule is COc1ccc(S(=O)(=O)NCc2c(C)nn(C)c2C)cc1. The summed E-state index contributed by atoms with van der Waals surface area (Å²) in [6.07, 6.45) is 0. The molecule has 0 atom stereocenters. The van der Waals surface area contributed by atoms with Crippen LogP contribution < -0.4 is 9.46 Å². The van der Waals surface area contributed by atoms with Gasteiger partial charge in [-0.2, -0.15) is 5.10 Å². The topological polar surface area (TPSA) is 73.2 Å². The van der Waals surface area contributed by atoms with E-state index in [4.69, 9.17) is 4.74 Å². The Balaban J connectivity index is 2.17. The molecule has 1 N–H and O–H groups in total. The predicted molar refractivity (Wildman–Crippen MR) is 79.7 cm³/mol. The Hall–Kier alpha value is -1.86. The Morgan fingerprint density at radius 2 is 1.86 bits per heavy atom. The summed E-state index contributed by atoms with van der Waals surface area (Å²) >= 11 is 0. The van der Waals surface area contributed by atoms with Gasteiger partial charge in [0.15, 0.2) is 0 Å². The lowest BCUT2D eigenvalue weighted by Crippen LogP contribution is -2.23. The van der Waals surface area contributed by atoms with Crippen LogP contribution in [0.15, 0.2) is 29.2 Å². The van der Waals surface area contributed by atoms with Crippen molar-refractivity contribution < 1.29 is 13.2 Å². The van der Waals surface area contributed by atoms with Gasteiger partial charge in [0.2, 0.25) is 10.0 Å². The Morgan fingerprint density at radius 3 is 2.33 bits per heavy atom. The van der Waals surface area contributed by atoms with Crippen molar-refractivity contribution >= 4 is 10.0 Å². The highest BCUT2D eigenvalue weighted by molar-refractivity contribution is 7.89. The monoisotopic (exact) mass is 309 g/mol. The Kier molecular flexibility index (Phi) is 4.34. The molecule has 1 aromatic heterocycles. The fraction of sp³-hybridized carbons (Fsp3) is 0.357. The average Bonchev–Trinajstić information content (AvgIpc) is 2.70. The summed E-state index contributed by atoms with van der Waals surface area (Å²) < 4.78 is 33.9. The van der Waals surface area contributed by atoms with Crippen molar-refractivity contribution in [2.45, 2.75) is 25.3 Å². The Morgan fingerprint density at radius 1 is 1.24 bits per heavy atom. The summed E-state index contributed by atoms with van der Waals surface area (Å²) in [5.74, 6) is 0.618. The molecule has 0 bridgehead atoms. The van der Waals surface area contributed by atoms with Crippen LogP contribution in [0.3, 0.4) is 0 Å². The molecule has 2 rings (SSSR count). The van der Waals surface area contributed by atoms with Gasteiger partial charge in [-0.15, -0.1) is 0 Å². The number of aryl methyl sites for hydroxylation is 2. The van der Waals surface area contributed by atoms with Crippen LogP contribution in [0.4, 0.5) is 0 Å². The maximum Gasteiger partial charge on any atom is 0.240 e. The lowest BCUT2D eigenvalue weighted by molar-refractivity contribution is 0.414. The molecule has 21 heavy (non-hydrogen) atoms. The maximum absolute atomic E-state index is 12.3. The largest absolute Gasteiger partial charge is 0.497 e. The van der Waals surface area contributed by atoms with Crippen LogP contribution in [0.2, 0.25) is 0 Å². The highest BCUT2D eigenvalue weighted by atomic mass is 32.2. The lowest BCUT2D eigenvalue weighted by atomic mass is 10.2. The van der Waals surface area contributed by atoms with Crippen molar-refractivity contribution in [1.82, 2.24) is 14.5 Å². The summed E-state index contributed by atoms with van der Waals surface area (Å²) in [6.45, 7) is 4.00. The average molecular weight is 309 g/mol. The van der Waals surface area contributed by atoms with Gasteiger partial charge in [0.05, 0.1) is 17.7 Å². The van der Waals surface area contributed by atoms with Gasteiger partial charge < -0.3 is 4.74 Å². The highest BCUT2D eigenvalue weighted by Gasteiger charge is 2.16. The van der Waals surface area contributed by atoms with Crippen LogP contribution in [0.1, 0.15) is 17.0 Å². The molecular formula is C14H19N3O3S. The molecule has 2 aromatic rings. The third-order valence-corrected chi connectivity index (χ3v) is 4.88. The van der Waals surface area contributed by atoms with Gasteiger partial charge in [-0.25, -0.2) is 13.1 Å². The molecule has 114 valence electrons.